The highest BCUT2D eigenvalue weighted by Crippen LogP contribution is 2.38. The molecule has 0 saturated carbocycles. The van der Waals surface area contributed by atoms with Gasteiger partial charge in [-0.15, -0.1) is 0 Å². The van der Waals surface area contributed by atoms with Crippen LogP contribution in [0.3, 0.4) is 0 Å². The SMILES string of the molecule is CC1(C)Oc2ccc(Br)cc2N=C1Cl. The van der Waals surface area contributed by atoms with Gasteiger partial charge in [-0.25, -0.2) is 4.99 Å². The summed E-state index contributed by atoms with van der Waals surface area (Å²) >= 11 is 9.37. The third-order valence-electron chi connectivity index (χ3n) is 2.00. The van der Waals surface area contributed by atoms with E-state index < -0.39 is 5.60 Å². The Morgan fingerprint density at radius 1 is 1.43 bits per heavy atom. The van der Waals surface area contributed by atoms with Crippen molar-refractivity contribution in [1.82, 2.24) is 0 Å². The van der Waals surface area contributed by atoms with Crippen molar-refractivity contribution in [3.05, 3.63) is 22.7 Å². The molecule has 0 unspecified atom stereocenters. The molecule has 14 heavy (non-hydrogen) atoms. The molecular formula is C10H9BrClNO. The van der Waals surface area contributed by atoms with E-state index in [-0.39, 0.29) is 0 Å². The van der Waals surface area contributed by atoms with E-state index in [1.807, 2.05) is 32.0 Å². The number of fused-ring (bicyclic) bond motifs is 1. The van der Waals surface area contributed by atoms with Crippen molar-refractivity contribution in [1.29, 1.82) is 0 Å². The van der Waals surface area contributed by atoms with Crippen LogP contribution in [0.4, 0.5) is 5.69 Å². The number of rotatable bonds is 0. The van der Waals surface area contributed by atoms with Crippen LogP contribution >= 0.6 is 27.5 Å². The fraction of sp³-hybridized carbons (Fsp3) is 0.300. The lowest BCUT2D eigenvalue weighted by Gasteiger charge is -2.29. The second-order valence-corrected chi connectivity index (χ2v) is 4.90. The summed E-state index contributed by atoms with van der Waals surface area (Å²) in [6, 6.07) is 5.69. The fourth-order valence-corrected chi connectivity index (χ4v) is 1.70. The van der Waals surface area contributed by atoms with E-state index in [1.54, 1.807) is 0 Å². The first-order chi connectivity index (χ1) is 6.49. The fourth-order valence-electron chi connectivity index (χ4n) is 1.22. The molecule has 0 N–H and O–H groups in total. The lowest BCUT2D eigenvalue weighted by molar-refractivity contribution is 0.182. The summed E-state index contributed by atoms with van der Waals surface area (Å²) in [4.78, 5) is 4.29. The molecular weight excluding hydrogens is 265 g/mol. The summed E-state index contributed by atoms with van der Waals surface area (Å²) in [7, 11) is 0. The predicted octanol–water partition coefficient (Wildman–Crippen LogP) is 3.89. The smallest absolute Gasteiger partial charge is 0.156 e. The summed E-state index contributed by atoms with van der Waals surface area (Å²) < 4.78 is 6.67. The van der Waals surface area contributed by atoms with Gasteiger partial charge in [-0.3, -0.25) is 0 Å². The van der Waals surface area contributed by atoms with E-state index in [2.05, 4.69) is 20.9 Å². The number of benzene rings is 1. The molecule has 1 aliphatic heterocycles. The number of hydrogen-bond donors (Lipinski definition) is 0. The normalized spacial score (nSPS) is 18.1. The molecule has 2 nitrogen and oxygen atoms in total. The molecule has 0 bridgehead atoms. The summed E-state index contributed by atoms with van der Waals surface area (Å²) in [6.07, 6.45) is 0. The van der Waals surface area contributed by atoms with Crippen LogP contribution in [0.25, 0.3) is 0 Å². The van der Waals surface area contributed by atoms with Gasteiger partial charge in [0.2, 0.25) is 0 Å². The van der Waals surface area contributed by atoms with Gasteiger partial charge >= 0.3 is 0 Å². The van der Waals surface area contributed by atoms with Crippen LogP contribution in [0.1, 0.15) is 13.8 Å². The van der Waals surface area contributed by atoms with Gasteiger partial charge in [0, 0.05) is 4.47 Å². The summed E-state index contributed by atoms with van der Waals surface area (Å²) in [5.74, 6) is 0.766. The van der Waals surface area contributed by atoms with Gasteiger partial charge in [0.1, 0.15) is 16.6 Å². The van der Waals surface area contributed by atoms with Crippen LogP contribution in [-0.2, 0) is 0 Å². The average Bonchev–Trinajstić information content (AvgIpc) is 2.08. The zero-order valence-electron chi connectivity index (χ0n) is 7.84. The van der Waals surface area contributed by atoms with Crippen LogP contribution < -0.4 is 4.74 Å². The Hall–Kier alpha value is -0.540. The molecule has 0 aliphatic carbocycles. The van der Waals surface area contributed by atoms with E-state index in [4.69, 9.17) is 16.3 Å². The van der Waals surface area contributed by atoms with E-state index in [1.165, 1.54) is 0 Å². The topological polar surface area (TPSA) is 21.6 Å². The summed E-state index contributed by atoms with van der Waals surface area (Å²) in [5, 5.41) is 0.475. The maximum Gasteiger partial charge on any atom is 0.156 e. The maximum atomic E-state index is 6.00. The van der Waals surface area contributed by atoms with Gasteiger partial charge in [-0.2, -0.15) is 0 Å². The molecule has 4 heteroatoms. The van der Waals surface area contributed by atoms with Gasteiger partial charge in [0.25, 0.3) is 0 Å². The predicted molar refractivity (Wildman–Crippen MR) is 61.8 cm³/mol. The quantitative estimate of drug-likeness (QED) is 0.703. The maximum absolute atomic E-state index is 6.00. The highest BCUT2D eigenvalue weighted by Gasteiger charge is 2.30. The molecule has 0 fully saturated rings. The number of halogens is 2. The Kier molecular flexibility index (Phi) is 2.32. The van der Waals surface area contributed by atoms with E-state index in [0.29, 0.717) is 5.17 Å². The highest BCUT2D eigenvalue weighted by atomic mass is 79.9. The Morgan fingerprint density at radius 2 is 2.14 bits per heavy atom. The molecule has 0 aromatic heterocycles. The molecule has 1 aromatic carbocycles. The third kappa shape index (κ3) is 1.66. The van der Waals surface area contributed by atoms with E-state index in [0.717, 1.165) is 15.9 Å². The molecule has 0 saturated heterocycles. The largest absolute Gasteiger partial charge is 0.478 e. The highest BCUT2D eigenvalue weighted by molar-refractivity contribution is 9.10. The van der Waals surface area contributed by atoms with Gasteiger partial charge < -0.3 is 4.74 Å². The standard InChI is InChI=1S/C10H9BrClNO/c1-10(2)9(12)13-7-5-6(11)3-4-8(7)14-10/h3-5H,1-2H3. The first kappa shape index (κ1) is 9.99. The Balaban J connectivity index is 2.54. The zero-order chi connectivity index (χ0) is 10.3. The van der Waals surface area contributed by atoms with Crippen molar-refractivity contribution in [3.8, 4) is 5.75 Å². The molecule has 1 heterocycles. The van der Waals surface area contributed by atoms with Crippen LogP contribution in [0.15, 0.2) is 27.7 Å². The van der Waals surface area contributed by atoms with Gasteiger partial charge in [-0.1, -0.05) is 27.5 Å². The number of ether oxygens (including phenoxy) is 1. The lowest BCUT2D eigenvalue weighted by Crippen LogP contribution is -2.36. The van der Waals surface area contributed by atoms with Crippen molar-refractivity contribution in [2.75, 3.05) is 0 Å². The second-order valence-electron chi connectivity index (χ2n) is 3.63. The minimum absolute atomic E-state index is 0.475. The molecule has 0 radical (unpaired) electrons. The van der Waals surface area contributed by atoms with Crippen LogP contribution in [0, 0.1) is 0 Å². The van der Waals surface area contributed by atoms with Gasteiger partial charge in [0.15, 0.2) is 5.60 Å². The average molecular weight is 275 g/mol. The molecule has 1 aliphatic rings. The number of hydrogen-bond acceptors (Lipinski definition) is 2. The molecule has 74 valence electrons. The van der Waals surface area contributed by atoms with Gasteiger partial charge in [-0.05, 0) is 32.0 Å². The van der Waals surface area contributed by atoms with E-state index >= 15 is 0 Å². The molecule has 0 spiro atoms. The first-order valence-electron chi connectivity index (χ1n) is 4.22. The van der Waals surface area contributed by atoms with Crippen LogP contribution in [-0.4, -0.2) is 10.8 Å². The summed E-state index contributed by atoms with van der Waals surface area (Å²) in [5.41, 5.74) is 0.242. The van der Waals surface area contributed by atoms with Crippen molar-refractivity contribution < 1.29 is 4.74 Å². The Labute approximate surface area is 96.1 Å². The van der Waals surface area contributed by atoms with Crippen molar-refractivity contribution >= 4 is 38.4 Å². The Bertz CT molecular complexity index is 415. The number of aliphatic imine (C=N–C) groups is 1. The molecule has 1 aromatic rings. The monoisotopic (exact) mass is 273 g/mol. The lowest BCUT2D eigenvalue weighted by atomic mass is 10.1. The molecule has 0 atom stereocenters. The second kappa shape index (κ2) is 3.24. The minimum atomic E-state index is -0.525. The van der Waals surface area contributed by atoms with Gasteiger partial charge in [0.05, 0.1) is 0 Å². The molecule has 0 amide bonds. The number of nitrogens with zero attached hydrogens (tertiary/aromatic N) is 1. The summed E-state index contributed by atoms with van der Waals surface area (Å²) in [6.45, 7) is 3.79. The third-order valence-corrected chi connectivity index (χ3v) is 3.03. The minimum Gasteiger partial charge on any atom is -0.478 e. The van der Waals surface area contributed by atoms with Crippen molar-refractivity contribution in [2.24, 2.45) is 4.99 Å². The van der Waals surface area contributed by atoms with Crippen LogP contribution in [0.5, 0.6) is 5.75 Å². The van der Waals surface area contributed by atoms with Crippen LogP contribution in [0.2, 0.25) is 0 Å². The Morgan fingerprint density at radius 3 is 2.86 bits per heavy atom. The molecule has 2 rings (SSSR count). The van der Waals surface area contributed by atoms with Crippen molar-refractivity contribution in [3.63, 3.8) is 0 Å². The first-order valence-corrected chi connectivity index (χ1v) is 5.39. The van der Waals surface area contributed by atoms with E-state index in [9.17, 15) is 0 Å². The van der Waals surface area contributed by atoms with Crippen molar-refractivity contribution in [2.45, 2.75) is 19.4 Å². The zero-order valence-corrected chi connectivity index (χ0v) is 10.2.